The van der Waals surface area contributed by atoms with Crippen molar-refractivity contribution < 1.29 is 14.2 Å². The number of fused-ring (bicyclic) bond motifs is 2. The molecule has 0 spiro atoms. The summed E-state index contributed by atoms with van der Waals surface area (Å²) >= 11 is -4.70. The van der Waals surface area contributed by atoms with E-state index in [-0.39, 0.29) is 0 Å². The summed E-state index contributed by atoms with van der Waals surface area (Å²) in [5, 5.41) is 0. The van der Waals surface area contributed by atoms with E-state index in [0.717, 1.165) is 0 Å². The van der Waals surface area contributed by atoms with Crippen LogP contribution in [0.2, 0.25) is 18.7 Å². The van der Waals surface area contributed by atoms with Crippen LogP contribution in [0, 0.1) is 13.8 Å². The average Bonchev–Trinajstić information content (AvgIpc) is 3.51. The van der Waals surface area contributed by atoms with E-state index in [2.05, 4.69) is 149 Å². The summed E-state index contributed by atoms with van der Waals surface area (Å²) in [7, 11) is 0. The van der Waals surface area contributed by atoms with Crippen LogP contribution in [-0.2, 0) is 14.2 Å². The SMILES string of the molecule is Cc1ccc(-c2cccc3c2C=C[CH]3[Hf]([CH3])([CH3])([CH3])([CH3])(=[SiH2])[CH]2C=Cc3c(-c4ccc(C)cc4)cccc32)cc1. The maximum absolute atomic E-state index is 4.70. The molecule has 4 aromatic carbocycles. The number of hydrogen-bond donors (Lipinski definition) is 0. The van der Waals surface area contributed by atoms with Crippen LogP contribution in [0.4, 0.5) is 0 Å². The van der Waals surface area contributed by atoms with Crippen LogP contribution in [0.5, 0.6) is 0 Å². The molecule has 2 unspecified atom stereocenters. The molecule has 0 saturated heterocycles. The van der Waals surface area contributed by atoms with Crippen molar-refractivity contribution in [2.75, 3.05) is 0 Å². The molecule has 0 nitrogen and oxygen atoms in total. The van der Waals surface area contributed by atoms with Crippen LogP contribution in [0.3, 0.4) is 0 Å². The molecule has 2 aliphatic rings. The van der Waals surface area contributed by atoms with Crippen molar-refractivity contribution in [2.45, 2.75) is 39.9 Å². The molecule has 0 radical (unpaired) electrons. The predicted octanol–water partition coefficient (Wildman–Crippen LogP) is 9.97. The second-order valence-corrected chi connectivity index (χ2v) is 103. The van der Waals surface area contributed by atoms with Crippen molar-refractivity contribution in [1.29, 1.82) is 0 Å². The normalized spacial score (nSPS) is 20.7. The molecule has 0 aliphatic heterocycles. The Morgan fingerprint density at radius 3 is 1.26 bits per heavy atom. The van der Waals surface area contributed by atoms with Crippen molar-refractivity contribution in [3.8, 4) is 22.3 Å². The van der Waals surface area contributed by atoms with Gasteiger partial charge in [-0.3, -0.25) is 0 Å². The summed E-state index contributed by atoms with van der Waals surface area (Å²) in [5.41, 5.74) is 13.8. The number of hydrogen-bond acceptors (Lipinski definition) is 0. The van der Waals surface area contributed by atoms with Gasteiger partial charge in [-0.2, -0.15) is 0 Å². The van der Waals surface area contributed by atoms with Gasteiger partial charge in [0.2, 0.25) is 0 Å². The van der Waals surface area contributed by atoms with E-state index in [4.69, 9.17) is 0 Å². The average molecular weight is 679 g/mol. The Bertz CT molecular complexity index is 1670. The molecule has 0 fully saturated rings. The molecular weight excluding hydrogens is 639 g/mol. The summed E-state index contributed by atoms with van der Waals surface area (Å²) in [6.45, 7) is 6.72. The fraction of sp³-hybridized carbons (Fsp3) is 0.222. The number of benzene rings is 4. The molecule has 38 heavy (non-hydrogen) atoms. The van der Waals surface area contributed by atoms with Gasteiger partial charge < -0.3 is 0 Å². The Hall–Kier alpha value is -2.55. The summed E-state index contributed by atoms with van der Waals surface area (Å²) in [4.78, 5) is 0. The van der Waals surface area contributed by atoms with Gasteiger partial charge in [0.1, 0.15) is 0 Å². The number of aryl methyl sites for hydroxylation is 2. The first kappa shape index (κ1) is 25.7. The maximum atomic E-state index is 2.72. The molecule has 0 saturated carbocycles. The first-order valence-electron chi connectivity index (χ1n) is 14.0. The minimum absolute atomic E-state index is 0.418. The van der Waals surface area contributed by atoms with Gasteiger partial charge in [-0.05, 0) is 0 Å². The van der Waals surface area contributed by atoms with E-state index >= 15 is 0 Å². The van der Waals surface area contributed by atoms with Crippen LogP contribution in [0.15, 0.2) is 97.1 Å². The molecule has 0 aromatic heterocycles. The van der Waals surface area contributed by atoms with Crippen molar-refractivity contribution in [2.24, 2.45) is 0 Å². The topological polar surface area (TPSA) is 0 Å². The Morgan fingerprint density at radius 1 is 0.526 bits per heavy atom. The first-order chi connectivity index (χ1) is 17.7. The van der Waals surface area contributed by atoms with Gasteiger partial charge in [-0.25, -0.2) is 0 Å². The standard InChI is InChI=1S/2C16H13.4CH3.Hf.H2Si/c2*1-12-8-10-14(11-9-12)16-7-3-5-13-4-2-6-15(13)16;;;;;;/h2*2-11H,1H3;4*1H3;;1H2. The van der Waals surface area contributed by atoms with Gasteiger partial charge in [-0.1, -0.05) is 0 Å². The molecule has 2 atom stereocenters. The van der Waals surface area contributed by atoms with Crippen molar-refractivity contribution in [3.63, 3.8) is 0 Å². The third kappa shape index (κ3) is 3.87. The van der Waals surface area contributed by atoms with E-state index in [0.29, 0.717) is 7.35 Å². The third-order valence-corrected chi connectivity index (χ3v) is 44.3. The minimum atomic E-state index is -4.70. The van der Waals surface area contributed by atoms with Crippen LogP contribution < -0.4 is 0 Å². The molecule has 4 aromatic rings. The zero-order chi connectivity index (χ0) is 27.0. The number of rotatable bonds is 4. The Morgan fingerprint density at radius 2 is 0.895 bits per heavy atom. The van der Waals surface area contributed by atoms with Crippen LogP contribution >= 0.6 is 0 Å². The summed E-state index contributed by atoms with van der Waals surface area (Å²) in [6, 6.07) is 32.0. The van der Waals surface area contributed by atoms with Gasteiger partial charge >= 0.3 is 226 Å². The van der Waals surface area contributed by atoms with Gasteiger partial charge in [0.05, 0.1) is 0 Å². The van der Waals surface area contributed by atoms with E-state index in [1.54, 1.807) is 0 Å². The molecule has 6 rings (SSSR count). The van der Waals surface area contributed by atoms with E-state index in [1.165, 1.54) is 55.6 Å². The molecule has 0 amide bonds. The van der Waals surface area contributed by atoms with E-state index < -0.39 is 14.2 Å². The molecular formula is C36H40HfSi. The third-order valence-electron chi connectivity index (χ3n) is 9.87. The summed E-state index contributed by atoms with van der Waals surface area (Å²) in [5.74, 6) is 0. The van der Waals surface area contributed by atoms with Gasteiger partial charge in [-0.15, -0.1) is 0 Å². The van der Waals surface area contributed by atoms with Gasteiger partial charge in [0, 0.05) is 0 Å². The Balaban J connectivity index is 1.51. The fourth-order valence-corrected chi connectivity index (χ4v) is 36.3. The van der Waals surface area contributed by atoms with E-state index in [1.807, 2.05) is 0 Å². The van der Waals surface area contributed by atoms with Gasteiger partial charge in [0.15, 0.2) is 0 Å². The molecule has 0 heterocycles. The van der Waals surface area contributed by atoms with Crippen molar-refractivity contribution in [1.82, 2.24) is 0 Å². The summed E-state index contributed by atoms with van der Waals surface area (Å²) < 4.78 is 11.7. The number of allylic oxidation sites excluding steroid dienone is 2. The monoisotopic (exact) mass is 680 g/mol. The van der Waals surface area contributed by atoms with Crippen molar-refractivity contribution in [3.05, 3.63) is 130 Å². The van der Waals surface area contributed by atoms with Crippen LogP contribution in [-0.4, -0.2) is 6.94 Å². The molecule has 0 N–H and O–H groups in total. The Kier molecular flexibility index (Phi) is 4.97. The molecule has 192 valence electrons. The van der Waals surface area contributed by atoms with Gasteiger partial charge in [0.25, 0.3) is 0 Å². The van der Waals surface area contributed by atoms with E-state index in [9.17, 15) is 0 Å². The van der Waals surface area contributed by atoms with Crippen LogP contribution in [0.1, 0.15) is 40.7 Å². The molecule has 0 bridgehead atoms. The zero-order valence-corrected chi connectivity index (χ0v) is 28.8. The fourth-order valence-electron chi connectivity index (χ4n) is 7.50. The molecule has 2 aliphatic carbocycles. The van der Waals surface area contributed by atoms with Crippen molar-refractivity contribution >= 4 is 19.1 Å². The first-order valence-corrected chi connectivity index (χ1v) is 40.9. The second kappa shape index (κ2) is 7.34. The quantitative estimate of drug-likeness (QED) is 0.189. The Labute approximate surface area is 224 Å². The van der Waals surface area contributed by atoms with Crippen LogP contribution in [0.25, 0.3) is 34.4 Å². The second-order valence-electron chi connectivity index (χ2n) is 16.3. The predicted molar refractivity (Wildman–Crippen MR) is 169 cm³/mol. The molecule has 2 heteroatoms. The summed E-state index contributed by atoms with van der Waals surface area (Å²) in [6.07, 6.45) is 9.99. The zero-order valence-electron chi connectivity index (χ0n) is 23.8.